The summed E-state index contributed by atoms with van der Waals surface area (Å²) in [5.41, 5.74) is 0.930. The van der Waals surface area contributed by atoms with Crippen LogP contribution in [-0.4, -0.2) is 23.4 Å². The van der Waals surface area contributed by atoms with Gasteiger partial charge in [-0.3, -0.25) is 0 Å². The summed E-state index contributed by atoms with van der Waals surface area (Å²) in [6.07, 6.45) is 2.66. The van der Waals surface area contributed by atoms with Crippen molar-refractivity contribution in [1.82, 2.24) is 0 Å². The number of hydrogen-bond acceptors (Lipinski definition) is 2. The van der Waals surface area contributed by atoms with Crippen LogP contribution >= 0.6 is 0 Å². The van der Waals surface area contributed by atoms with Crippen molar-refractivity contribution in [2.24, 2.45) is 5.41 Å². The molecule has 2 N–H and O–H groups in total. The van der Waals surface area contributed by atoms with Crippen LogP contribution < -0.4 is 0 Å². The maximum Gasteiger partial charge on any atom is 0.0647 e. The molecule has 11 heavy (non-hydrogen) atoms. The standard InChI is InChI=1S/C9H18O2/c1-4-9(2,3)8(7-11)5-6-10/h5,10-11H,4,6-7H2,1-3H3. The molecule has 2 nitrogen and oxygen atoms in total. The van der Waals surface area contributed by atoms with Crippen LogP contribution in [0.15, 0.2) is 11.6 Å². The molecule has 0 radical (unpaired) electrons. The zero-order chi connectivity index (χ0) is 8.91. The molecule has 0 heterocycles. The number of aliphatic hydroxyl groups is 2. The second kappa shape index (κ2) is 4.52. The van der Waals surface area contributed by atoms with Gasteiger partial charge < -0.3 is 10.2 Å². The molecular formula is C9H18O2. The van der Waals surface area contributed by atoms with Crippen molar-refractivity contribution in [1.29, 1.82) is 0 Å². The van der Waals surface area contributed by atoms with E-state index < -0.39 is 0 Å². The van der Waals surface area contributed by atoms with Gasteiger partial charge in [0.25, 0.3) is 0 Å². The Morgan fingerprint density at radius 1 is 1.36 bits per heavy atom. The fourth-order valence-corrected chi connectivity index (χ4v) is 0.892. The monoisotopic (exact) mass is 158 g/mol. The van der Waals surface area contributed by atoms with Crippen molar-refractivity contribution < 1.29 is 10.2 Å². The summed E-state index contributed by atoms with van der Waals surface area (Å²) in [4.78, 5) is 0. The van der Waals surface area contributed by atoms with Gasteiger partial charge in [0.05, 0.1) is 13.2 Å². The molecule has 0 saturated carbocycles. The number of hydrogen-bond donors (Lipinski definition) is 2. The predicted octanol–water partition coefficient (Wildman–Crippen LogP) is 1.33. The minimum Gasteiger partial charge on any atom is -0.392 e. The lowest BCUT2D eigenvalue weighted by Crippen LogP contribution is -2.16. The minimum atomic E-state index is 0.0114. The Bertz CT molecular complexity index is 136. The fourth-order valence-electron chi connectivity index (χ4n) is 0.892. The van der Waals surface area contributed by atoms with E-state index >= 15 is 0 Å². The molecule has 0 saturated heterocycles. The molecule has 0 aliphatic heterocycles. The van der Waals surface area contributed by atoms with Crippen LogP contribution in [0.2, 0.25) is 0 Å². The molecular weight excluding hydrogens is 140 g/mol. The zero-order valence-electron chi connectivity index (χ0n) is 7.59. The summed E-state index contributed by atoms with van der Waals surface area (Å²) >= 11 is 0. The Morgan fingerprint density at radius 2 is 1.91 bits per heavy atom. The third-order valence-electron chi connectivity index (χ3n) is 2.26. The first-order chi connectivity index (χ1) is 5.08. The summed E-state index contributed by atoms with van der Waals surface area (Å²) in [6, 6.07) is 0. The van der Waals surface area contributed by atoms with Gasteiger partial charge in [-0.05, 0) is 17.4 Å². The van der Waals surface area contributed by atoms with Gasteiger partial charge in [-0.15, -0.1) is 0 Å². The molecule has 0 unspecified atom stereocenters. The van der Waals surface area contributed by atoms with Gasteiger partial charge in [0.15, 0.2) is 0 Å². The van der Waals surface area contributed by atoms with Crippen molar-refractivity contribution in [3.63, 3.8) is 0 Å². The quantitative estimate of drug-likeness (QED) is 0.606. The maximum atomic E-state index is 8.94. The third-order valence-corrected chi connectivity index (χ3v) is 2.26. The molecule has 0 aromatic heterocycles. The Morgan fingerprint density at radius 3 is 2.18 bits per heavy atom. The van der Waals surface area contributed by atoms with E-state index in [0.29, 0.717) is 0 Å². The lowest BCUT2D eigenvalue weighted by atomic mass is 9.82. The molecule has 0 aliphatic carbocycles. The van der Waals surface area contributed by atoms with E-state index in [2.05, 4.69) is 20.8 Å². The van der Waals surface area contributed by atoms with Crippen molar-refractivity contribution in [2.45, 2.75) is 27.2 Å². The van der Waals surface area contributed by atoms with Crippen LogP contribution in [0.4, 0.5) is 0 Å². The molecule has 0 aromatic rings. The zero-order valence-corrected chi connectivity index (χ0v) is 7.59. The second-order valence-corrected chi connectivity index (χ2v) is 3.31. The highest BCUT2D eigenvalue weighted by Crippen LogP contribution is 2.28. The van der Waals surface area contributed by atoms with E-state index in [1.807, 2.05) is 0 Å². The normalized spacial score (nSPS) is 13.7. The van der Waals surface area contributed by atoms with Crippen LogP contribution in [0.5, 0.6) is 0 Å². The van der Waals surface area contributed by atoms with Gasteiger partial charge in [0.2, 0.25) is 0 Å². The SMILES string of the molecule is CCC(C)(C)C(=CCO)CO. The summed E-state index contributed by atoms with van der Waals surface area (Å²) in [5.74, 6) is 0. The lowest BCUT2D eigenvalue weighted by molar-refractivity contribution is 0.275. The highest BCUT2D eigenvalue weighted by molar-refractivity contribution is 5.12. The smallest absolute Gasteiger partial charge is 0.0647 e. The molecule has 0 aliphatic rings. The fraction of sp³-hybridized carbons (Fsp3) is 0.778. The van der Waals surface area contributed by atoms with Crippen molar-refractivity contribution in [3.8, 4) is 0 Å². The first kappa shape index (κ1) is 10.7. The molecule has 2 heteroatoms. The van der Waals surface area contributed by atoms with Gasteiger partial charge in [0.1, 0.15) is 0 Å². The van der Waals surface area contributed by atoms with Crippen LogP contribution in [-0.2, 0) is 0 Å². The largest absolute Gasteiger partial charge is 0.392 e. The highest BCUT2D eigenvalue weighted by atomic mass is 16.3. The van der Waals surface area contributed by atoms with Gasteiger partial charge in [0, 0.05) is 0 Å². The highest BCUT2D eigenvalue weighted by Gasteiger charge is 2.19. The molecule has 0 fully saturated rings. The average Bonchev–Trinajstić information content (AvgIpc) is 2.00. The van der Waals surface area contributed by atoms with Crippen LogP contribution in [0.1, 0.15) is 27.2 Å². The topological polar surface area (TPSA) is 40.5 Å². The maximum absolute atomic E-state index is 8.94. The van der Waals surface area contributed by atoms with E-state index in [1.54, 1.807) is 6.08 Å². The van der Waals surface area contributed by atoms with E-state index in [0.717, 1.165) is 12.0 Å². The molecule has 0 amide bonds. The number of aliphatic hydroxyl groups excluding tert-OH is 2. The summed E-state index contributed by atoms with van der Waals surface area (Å²) < 4.78 is 0. The molecule has 0 bridgehead atoms. The van der Waals surface area contributed by atoms with E-state index in [9.17, 15) is 0 Å². The molecule has 0 rings (SSSR count). The van der Waals surface area contributed by atoms with Gasteiger partial charge in [-0.2, -0.15) is 0 Å². The molecule has 0 atom stereocenters. The van der Waals surface area contributed by atoms with Gasteiger partial charge in [-0.1, -0.05) is 26.8 Å². The Balaban J connectivity index is 4.36. The van der Waals surface area contributed by atoms with Gasteiger partial charge >= 0.3 is 0 Å². The van der Waals surface area contributed by atoms with E-state index in [4.69, 9.17) is 10.2 Å². The van der Waals surface area contributed by atoms with Crippen LogP contribution in [0, 0.1) is 5.41 Å². The van der Waals surface area contributed by atoms with Crippen LogP contribution in [0.25, 0.3) is 0 Å². The van der Waals surface area contributed by atoms with Gasteiger partial charge in [-0.25, -0.2) is 0 Å². The van der Waals surface area contributed by atoms with Crippen molar-refractivity contribution >= 4 is 0 Å². The van der Waals surface area contributed by atoms with Crippen molar-refractivity contribution in [3.05, 3.63) is 11.6 Å². The molecule has 0 spiro atoms. The molecule has 0 aromatic carbocycles. The Labute approximate surface area is 68.6 Å². The average molecular weight is 158 g/mol. The predicted molar refractivity (Wildman–Crippen MR) is 46.3 cm³/mol. The number of rotatable bonds is 4. The first-order valence-corrected chi connectivity index (χ1v) is 3.99. The third kappa shape index (κ3) is 3.04. The van der Waals surface area contributed by atoms with Crippen molar-refractivity contribution in [2.75, 3.05) is 13.2 Å². The second-order valence-electron chi connectivity index (χ2n) is 3.31. The Hall–Kier alpha value is -0.340. The summed E-state index contributed by atoms with van der Waals surface area (Å²) in [6.45, 7) is 6.25. The molecule has 66 valence electrons. The minimum absolute atomic E-state index is 0.0114. The summed E-state index contributed by atoms with van der Waals surface area (Å²) in [5, 5.41) is 17.6. The summed E-state index contributed by atoms with van der Waals surface area (Å²) in [7, 11) is 0. The van der Waals surface area contributed by atoms with E-state index in [1.165, 1.54) is 0 Å². The van der Waals surface area contributed by atoms with E-state index in [-0.39, 0.29) is 18.6 Å². The first-order valence-electron chi connectivity index (χ1n) is 3.99. The van der Waals surface area contributed by atoms with Crippen LogP contribution in [0.3, 0.4) is 0 Å². The Kier molecular flexibility index (Phi) is 4.38. The lowest BCUT2D eigenvalue weighted by Gasteiger charge is -2.25.